The van der Waals surface area contributed by atoms with Gasteiger partial charge in [-0.3, -0.25) is 0 Å². The normalized spacial score (nSPS) is 48.8. The minimum atomic E-state index is -1.45. The molecule has 0 aromatic rings. The van der Waals surface area contributed by atoms with E-state index in [9.17, 15) is 0 Å². The van der Waals surface area contributed by atoms with E-state index in [4.69, 9.17) is 0 Å². The molecule has 0 radical (unpaired) electrons. The first-order valence-corrected chi connectivity index (χ1v) is 40.0. The SMILES string of the molecule is CC1CC2C(CCCCCC3CCCC4C3CC(C)C4[Si](C)(C)C3C(C)CC4C(C5CCC(C(C)(C)C)CC5)CCCC43)CCCC2C1[Si](C)(C)C1C(C)CC2C(C3CCC(C(C)(C)C)CC3)CCCC21. The number of hydrogen-bond acceptors (Lipinski definition) is 0. The first-order valence-electron chi connectivity index (χ1n) is 33.7. The van der Waals surface area contributed by atoms with Crippen LogP contribution < -0.4 is 0 Å². The largest absolute Gasteiger partial charge is 0.0689 e. The fourth-order valence-corrected chi connectivity index (χ4v) is 39.3. The number of unbranched alkanes of at least 4 members (excludes halogenated alkanes) is 2. The van der Waals surface area contributed by atoms with Gasteiger partial charge in [-0.1, -0.05) is 192 Å². The first kappa shape index (κ1) is 54.8. The number of rotatable bonds is 12. The molecule has 0 aromatic carbocycles. The van der Waals surface area contributed by atoms with E-state index in [2.05, 4.69) is 95.4 Å². The van der Waals surface area contributed by atoms with Gasteiger partial charge in [0.15, 0.2) is 0 Å². The monoisotopic (exact) mass is 1010 g/mol. The highest BCUT2D eigenvalue weighted by Crippen LogP contribution is 2.69. The highest BCUT2D eigenvalue weighted by molar-refractivity contribution is 6.81. The van der Waals surface area contributed by atoms with Gasteiger partial charge in [-0.2, -0.15) is 0 Å². The van der Waals surface area contributed by atoms with Crippen LogP contribution in [0.25, 0.3) is 0 Å². The van der Waals surface area contributed by atoms with Crippen molar-refractivity contribution in [2.45, 2.75) is 304 Å². The van der Waals surface area contributed by atoms with Crippen LogP contribution in [0.2, 0.25) is 48.4 Å². The van der Waals surface area contributed by atoms with Gasteiger partial charge in [0.2, 0.25) is 0 Å². The summed E-state index contributed by atoms with van der Waals surface area (Å²) in [5.74, 6) is 21.0. The molecule has 71 heavy (non-hydrogen) atoms. The van der Waals surface area contributed by atoms with E-state index in [-0.39, 0.29) is 0 Å². The first-order chi connectivity index (χ1) is 33.7. The third-order valence-corrected chi connectivity index (χ3v) is 38.9. The minimum Gasteiger partial charge on any atom is -0.0689 e. The Hall–Kier alpha value is 0.434. The van der Waals surface area contributed by atoms with Crippen LogP contribution in [0, 0.1) is 129 Å². The van der Waals surface area contributed by atoms with Gasteiger partial charge in [0, 0.05) is 0 Å². The van der Waals surface area contributed by atoms with Crippen LogP contribution in [0.3, 0.4) is 0 Å². The van der Waals surface area contributed by atoms with Gasteiger partial charge in [0.05, 0.1) is 16.1 Å². The third kappa shape index (κ3) is 10.6. The zero-order valence-corrected chi connectivity index (χ0v) is 52.4. The predicted octanol–water partition coefficient (Wildman–Crippen LogP) is 21.8. The number of fused-ring (bicyclic) bond motifs is 4. The molecule has 0 nitrogen and oxygen atoms in total. The van der Waals surface area contributed by atoms with Crippen molar-refractivity contribution in [1.29, 1.82) is 0 Å². The zero-order chi connectivity index (χ0) is 50.4. The summed E-state index contributed by atoms with van der Waals surface area (Å²) >= 11 is 0. The standard InChI is InChI=1S/C69H124Si2/c1-44-40-60-48(24-18-28-56(60)64(44)70(11,12)66-46(3)42-62-54(26-20-30-58(62)66)50-32-36-52(37-33-50)68(5,6)7)22-16-15-17-23-49-25-19-29-57-61(49)41-45(2)65(57)71(13,14)67-47(4)43-63-55(27-21-31-59(63)67)51-34-38-53(39-35-51)69(8,9)10/h44-67H,15-43H2,1-14H3. The van der Waals surface area contributed by atoms with Gasteiger partial charge in [-0.25, -0.2) is 0 Å². The molecule has 0 bridgehead atoms. The summed E-state index contributed by atoms with van der Waals surface area (Å²) in [4.78, 5) is 0. The Morgan fingerprint density at radius 2 is 0.592 bits per heavy atom. The summed E-state index contributed by atoms with van der Waals surface area (Å²) in [6.07, 6.45) is 45.5. The average Bonchev–Trinajstić information content (AvgIpc) is 4.07. The summed E-state index contributed by atoms with van der Waals surface area (Å²) < 4.78 is 0. The molecular weight excluding hydrogens is 885 g/mol. The summed E-state index contributed by atoms with van der Waals surface area (Å²) in [6, 6.07) is 0. The van der Waals surface area contributed by atoms with Crippen molar-refractivity contribution in [2.75, 3.05) is 0 Å². The van der Waals surface area contributed by atoms with E-state index < -0.39 is 16.1 Å². The van der Waals surface area contributed by atoms with Crippen molar-refractivity contribution in [3.63, 3.8) is 0 Å². The third-order valence-electron chi connectivity index (χ3n) is 28.0. The Balaban J connectivity index is 0.711. The number of hydrogen-bond donors (Lipinski definition) is 0. The molecule has 10 rings (SSSR count). The maximum atomic E-state index is 3.00. The molecule has 10 aliphatic rings. The van der Waals surface area contributed by atoms with E-state index in [1.54, 1.807) is 161 Å². The summed E-state index contributed by atoms with van der Waals surface area (Å²) in [6.45, 7) is 38.3. The smallest absolute Gasteiger partial charge is 0.0546 e. The second kappa shape index (κ2) is 21.6. The van der Waals surface area contributed by atoms with Gasteiger partial charge in [-0.15, -0.1) is 0 Å². The Morgan fingerprint density at radius 3 is 0.915 bits per heavy atom. The van der Waals surface area contributed by atoms with Gasteiger partial charge >= 0.3 is 0 Å². The van der Waals surface area contributed by atoms with E-state index in [0.717, 1.165) is 141 Å². The molecular formula is C69H124Si2. The topological polar surface area (TPSA) is 0 Å². The van der Waals surface area contributed by atoms with E-state index >= 15 is 0 Å². The second-order valence-corrected chi connectivity index (χ2v) is 44.0. The molecule has 408 valence electrons. The van der Waals surface area contributed by atoms with E-state index in [1.165, 1.54) is 25.7 Å². The average molecular weight is 1010 g/mol. The van der Waals surface area contributed by atoms with Crippen molar-refractivity contribution in [2.24, 2.45) is 129 Å². The lowest BCUT2D eigenvalue weighted by atomic mass is 9.61. The van der Waals surface area contributed by atoms with E-state index in [1.807, 2.05) is 0 Å². The van der Waals surface area contributed by atoms with Gasteiger partial charge in [0.1, 0.15) is 0 Å². The molecule has 20 atom stereocenters. The van der Waals surface area contributed by atoms with Crippen LogP contribution in [-0.2, 0) is 0 Å². The van der Waals surface area contributed by atoms with Crippen molar-refractivity contribution in [3.05, 3.63) is 0 Å². The predicted molar refractivity (Wildman–Crippen MR) is 315 cm³/mol. The minimum absolute atomic E-state index is 0.510. The van der Waals surface area contributed by atoms with E-state index in [0.29, 0.717) is 10.8 Å². The summed E-state index contributed by atoms with van der Waals surface area (Å²) in [5.41, 5.74) is 5.45. The Kier molecular flexibility index (Phi) is 16.7. The van der Waals surface area contributed by atoms with Crippen molar-refractivity contribution >= 4 is 16.1 Å². The van der Waals surface area contributed by atoms with Crippen LogP contribution in [0.4, 0.5) is 0 Å². The second-order valence-electron chi connectivity index (χ2n) is 34.1. The molecule has 10 saturated carbocycles. The van der Waals surface area contributed by atoms with Crippen LogP contribution >= 0.6 is 0 Å². The molecule has 0 saturated heterocycles. The Labute approximate surface area is 446 Å². The molecule has 10 aliphatic carbocycles. The lowest BCUT2D eigenvalue weighted by Gasteiger charge is -2.50. The Morgan fingerprint density at radius 1 is 0.310 bits per heavy atom. The van der Waals surface area contributed by atoms with Gasteiger partial charge in [-0.05, 0) is 241 Å². The fraction of sp³-hybridized carbons (Fsp3) is 1.00. The summed E-state index contributed by atoms with van der Waals surface area (Å²) in [5, 5.41) is 0. The van der Waals surface area contributed by atoms with Crippen LogP contribution in [0.1, 0.15) is 255 Å². The Bertz CT molecular complexity index is 1590. The molecule has 0 spiro atoms. The zero-order valence-electron chi connectivity index (χ0n) is 50.4. The lowest BCUT2D eigenvalue weighted by Crippen LogP contribution is -2.47. The highest BCUT2D eigenvalue weighted by Gasteiger charge is 2.62. The molecule has 0 aromatic heterocycles. The molecule has 10 fully saturated rings. The highest BCUT2D eigenvalue weighted by atomic mass is 28.3. The van der Waals surface area contributed by atoms with Crippen molar-refractivity contribution < 1.29 is 0 Å². The maximum absolute atomic E-state index is 3.00. The van der Waals surface area contributed by atoms with Crippen LogP contribution in [0.15, 0.2) is 0 Å². The fourth-order valence-electron chi connectivity index (χ4n) is 26.0. The molecule has 0 aliphatic heterocycles. The molecule has 0 heterocycles. The molecule has 2 heteroatoms. The van der Waals surface area contributed by atoms with Gasteiger partial charge in [0.25, 0.3) is 0 Å². The quantitative estimate of drug-likeness (QED) is 0.135. The van der Waals surface area contributed by atoms with Crippen LogP contribution in [-0.4, -0.2) is 16.1 Å². The van der Waals surface area contributed by atoms with Crippen molar-refractivity contribution in [1.82, 2.24) is 0 Å². The molecule has 0 N–H and O–H groups in total. The van der Waals surface area contributed by atoms with Gasteiger partial charge < -0.3 is 0 Å². The molecule has 20 unspecified atom stereocenters. The summed E-state index contributed by atoms with van der Waals surface area (Å²) in [7, 11) is -2.91. The maximum Gasteiger partial charge on any atom is 0.0546 e. The van der Waals surface area contributed by atoms with Crippen LogP contribution in [0.5, 0.6) is 0 Å². The van der Waals surface area contributed by atoms with Crippen molar-refractivity contribution in [3.8, 4) is 0 Å². The molecule has 0 amide bonds. The lowest BCUT2D eigenvalue weighted by molar-refractivity contribution is 0.0637.